The molecule has 21 heavy (non-hydrogen) atoms. The lowest BCUT2D eigenvalue weighted by Crippen LogP contribution is -2.37. The van der Waals surface area contributed by atoms with Crippen molar-refractivity contribution in [2.75, 3.05) is 32.7 Å². The first-order valence-corrected chi connectivity index (χ1v) is 8.19. The number of nitrogens with zero attached hydrogens (tertiary/aromatic N) is 2. The summed E-state index contributed by atoms with van der Waals surface area (Å²) in [5.74, 6) is -1.27. The van der Waals surface area contributed by atoms with E-state index in [9.17, 15) is 9.59 Å². The van der Waals surface area contributed by atoms with Crippen molar-refractivity contribution in [2.24, 2.45) is 5.92 Å². The van der Waals surface area contributed by atoms with Crippen LogP contribution < -0.4 is 0 Å². The highest BCUT2D eigenvalue weighted by Crippen LogP contribution is 2.07. The quantitative estimate of drug-likeness (QED) is 0.562. The Kier molecular flexibility index (Phi) is 10.9. The minimum atomic E-state index is -0.840. The summed E-state index contributed by atoms with van der Waals surface area (Å²) < 4.78 is 0. The van der Waals surface area contributed by atoms with Gasteiger partial charge < -0.3 is 14.9 Å². The van der Waals surface area contributed by atoms with Gasteiger partial charge in [0.25, 0.3) is 0 Å². The number of hydrogen-bond donors (Lipinski definition) is 1. The fraction of sp³-hybridized carbons (Fsp3) is 0.875. The lowest BCUT2D eigenvalue weighted by Gasteiger charge is -2.25. The zero-order valence-electron chi connectivity index (χ0n) is 14.1. The normalized spacial score (nSPS) is 12.4. The molecule has 124 valence electrons. The highest BCUT2D eigenvalue weighted by molar-refractivity contribution is 5.77. The third-order valence-electron chi connectivity index (χ3n) is 3.78. The molecule has 0 radical (unpaired) electrons. The molecule has 0 aliphatic carbocycles. The van der Waals surface area contributed by atoms with Gasteiger partial charge >= 0.3 is 5.97 Å². The Hall–Kier alpha value is -1.10. The first-order chi connectivity index (χ1) is 9.96. The Bertz CT molecular complexity index is 304. The van der Waals surface area contributed by atoms with Crippen molar-refractivity contribution in [2.45, 2.75) is 53.4 Å². The minimum Gasteiger partial charge on any atom is -0.481 e. The van der Waals surface area contributed by atoms with Gasteiger partial charge in [0, 0.05) is 19.5 Å². The molecule has 0 aromatic heterocycles. The molecule has 0 aromatic carbocycles. The van der Waals surface area contributed by atoms with Crippen LogP contribution in [0, 0.1) is 5.92 Å². The van der Waals surface area contributed by atoms with E-state index >= 15 is 0 Å². The highest BCUT2D eigenvalue weighted by atomic mass is 16.4. The summed E-state index contributed by atoms with van der Waals surface area (Å²) in [5.41, 5.74) is 0. The average molecular weight is 300 g/mol. The first kappa shape index (κ1) is 19.9. The molecule has 0 spiro atoms. The van der Waals surface area contributed by atoms with E-state index in [4.69, 9.17) is 5.11 Å². The number of carbonyl (C=O) groups excluding carboxylic acids is 1. The molecule has 0 heterocycles. The maximum Gasteiger partial charge on any atom is 0.308 e. The fourth-order valence-electron chi connectivity index (χ4n) is 2.28. The number of carboxylic acids is 1. The van der Waals surface area contributed by atoms with Gasteiger partial charge in [-0.25, -0.2) is 0 Å². The molecule has 0 aliphatic heterocycles. The summed E-state index contributed by atoms with van der Waals surface area (Å²) in [6, 6.07) is 0. The van der Waals surface area contributed by atoms with Crippen molar-refractivity contribution < 1.29 is 14.7 Å². The second-order valence-corrected chi connectivity index (χ2v) is 5.56. The molecule has 1 amide bonds. The smallest absolute Gasteiger partial charge is 0.308 e. The number of carbonyl (C=O) groups is 2. The Balaban J connectivity index is 4.27. The number of amides is 1. The van der Waals surface area contributed by atoms with E-state index in [2.05, 4.69) is 18.7 Å². The van der Waals surface area contributed by atoms with Crippen LogP contribution >= 0.6 is 0 Å². The van der Waals surface area contributed by atoms with E-state index in [1.54, 1.807) is 11.8 Å². The molecular formula is C16H32N2O3. The van der Waals surface area contributed by atoms with E-state index in [0.29, 0.717) is 19.5 Å². The standard InChI is InChI=1S/C16H32N2O3/c1-5-10-15(19)18(13-14(4)16(20)21)12-9-8-11-17(6-2)7-3/h14H,5-13H2,1-4H3,(H,20,21). The summed E-state index contributed by atoms with van der Waals surface area (Å²) >= 11 is 0. The van der Waals surface area contributed by atoms with Gasteiger partial charge in [0.2, 0.25) is 5.91 Å². The molecule has 0 saturated heterocycles. The lowest BCUT2D eigenvalue weighted by molar-refractivity contribution is -0.143. The van der Waals surface area contributed by atoms with Gasteiger partial charge in [-0.2, -0.15) is 0 Å². The Morgan fingerprint density at radius 3 is 2.10 bits per heavy atom. The van der Waals surface area contributed by atoms with Crippen LogP contribution in [0.25, 0.3) is 0 Å². The van der Waals surface area contributed by atoms with Crippen LogP contribution in [0.5, 0.6) is 0 Å². The summed E-state index contributed by atoms with van der Waals surface area (Å²) in [6.07, 6.45) is 3.27. The maximum absolute atomic E-state index is 12.1. The molecular weight excluding hydrogens is 268 g/mol. The molecule has 1 atom stereocenters. The monoisotopic (exact) mass is 300 g/mol. The zero-order valence-corrected chi connectivity index (χ0v) is 14.1. The van der Waals surface area contributed by atoms with Gasteiger partial charge in [-0.15, -0.1) is 0 Å². The van der Waals surface area contributed by atoms with Crippen LogP contribution in [0.3, 0.4) is 0 Å². The molecule has 0 rings (SSSR count). The third kappa shape index (κ3) is 8.71. The molecule has 5 heteroatoms. The Morgan fingerprint density at radius 2 is 1.62 bits per heavy atom. The van der Waals surface area contributed by atoms with Gasteiger partial charge in [-0.05, 0) is 38.9 Å². The molecule has 5 nitrogen and oxygen atoms in total. The van der Waals surface area contributed by atoms with E-state index in [-0.39, 0.29) is 5.91 Å². The van der Waals surface area contributed by atoms with Gasteiger partial charge in [-0.3, -0.25) is 9.59 Å². The number of carboxylic acid groups (broad SMARTS) is 1. The minimum absolute atomic E-state index is 0.0773. The summed E-state index contributed by atoms with van der Waals surface area (Å²) in [4.78, 5) is 27.1. The van der Waals surface area contributed by atoms with Crippen LogP contribution in [0.15, 0.2) is 0 Å². The topological polar surface area (TPSA) is 60.9 Å². The summed E-state index contributed by atoms with van der Waals surface area (Å²) in [7, 11) is 0. The van der Waals surface area contributed by atoms with Gasteiger partial charge in [0.1, 0.15) is 0 Å². The maximum atomic E-state index is 12.1. The van der Waals surface area contributed by atoms with Crippen molar-refractivity contribution in [3.8, 4) is 0 Å². The Labute approximate surface area is 129 Å². The molecule has 0 bridgehead atoms. The SMILES string of the molecule is CCCC(=O)N(CCCCN(CC)CC)CC(C)C(=O)O. The first-order valence-electron chi connectivity index (χ1n) is 8.19. The van der Waals surface area contributed by atoms with E-state index in [1.165, 1.54) is 0 Å². The van der Waals surface area contributed by atoms with Crippen LogP contribution in [-0.4, -0.2) is 59.5 Å². The van der Waals surface area contributed by atoms with Crippen LogP contribution in [0.2, 0.25) is 0 Å². The Morgan fingerprint density at radius 1 is 1.05 bits per heavy atom. The predicted molar refractivity (Wildman–Crippen MR) is 85.3 cm³/mol. The van der Waals surface area contributed by atoms with Crippen molar-refractivity contribution in [1.29, 1.82) is 0 Å². The second-order valence-electron chi connectivity index (χ2n) is 5.56. The lowest BCUT2D eigenvalue weighted by atomic mass is 10.1. The van der Waals surface area contributed by atoms with Gasteiger partial charge in [-0.1, -0.05) is 27.7 Å². The third-order valence-corrected chi connectivity index (χ3v) is 3.78. The molecule has 0 saturated carbocycles. The molecule has 1 unspecified atom stereocenters. The zero-order chi connectivity index (χ0) is 16.3. The second kappa shape index (κ2) is 11.5. The van der Waals surface area contributed by atoms with Crippen molar-refractivity contribution >= 4 is 11.9 Å². The number of unbranched alkanes of at least 4 members (excludes halogenated alkanes) is 1. The van der Waals surface area contributed by atoms with Crippen molar-refractivity contribution in [3.05, 3.63) is 0 Å². The summed E-state index contributed by atoms with van der Waals surface area (Å²) in [6.45, 7) is 12.0. The predicted octanol–water partition coefficient (Wildman–Crippen LogP) is 2.46. The summed E-state index contributed by atoms with van der Waals surface area (Å²) in [5, 5.41) is 9.01. The molecule has 0 aliphatic rings. The molecule has 1 N–H and O–H groups in total. The van der Waals surface area contributed by atoms with Crippen LogP contribution in [0.1, 0.15) is 53.4 Å². The van der Waals surface area contributed by atoms with E-state index < -0.39 is 11.9 Å². The molecule has 0 aromatic rings. The number of aliphatic carboxylic acids is 1. The van der Waals surface area contributed by atoms with Crippen molar-refractivity contribution in [1.82, 2.24) is 9.80 Å². The molecule has 0 fully saturated rings. The fourth-order valence-corrected chi connectivity index (χ4v) is 2.28. The van der Waals surface area contributed by atoms with Crippen LogP contribution in [-0.2, 0) is 9.59 Å². The van der Waals surface area contributed by atoms with E-state index in [1.807, 2.05) is 6.92 Å². The number of hydrogen-bond acceptors (Lipinski definition) is 3. The van der Waals surface area contributed by atoms with Gasteiger partial charge in [0.05, 0.1) is 5.92 Å². The van der Waals surface area contributed by atoms with Crippen molar-refractivity contribution in [3.63, 3.8) is 0 Å². The average Bonchev–Trinajstić information content (AvgIpc) is 2.46. The highest BCUT2D eigenvalue weighted by Gasteiger charge is 2.19. The van der Waals surface area contributed by atoms with Crippen LogP contribution in [0.4, 0.5) is 0 Å². The van der Waals surface area contributed by atoms with E-state index in [0.717, 1.165) is 38.9 Å². The van der Waals surface area contributed by atoms with Gasteiger partial charge in [0.15, 0.2) is 0 Å². The largest absolute Gasteiger partial charge is 0.481 e. The number of rotatable bonds is 12.